The molecule has 1 saturated heterocycles. The van der Waals surface area contributed by atoms with E-state index >= 15 is 0 Å². The van der Waals surface area contributed by atoms with Gasteiger partial charge in [0.05, 0.1) is 17.9 Å². The fourth-order valence-electron chi connectivity index (χ4n) is 2.82. The summed E-state index contributed by atoms with van der Waals surface area (Å²) in [5.41, 5.74) is 0.890. The van der Waals surface area contributed by atoms with Gasteiger partial charge in [-0.1, -0.05) is 36.4 Å². The average Bonchev–Trinajstić information content (AvgIpc) is 2.88. The molecule has 1 amide bonds. The van der Waals surface area contributed by atoms with E-state index in [9.17, 15) is 19.8 Å². The SMILES string of the molecule is O=C1C(=O)N(CCO)C(c2ccccn2)/C1=C(/O)c1ccccc1. The van der Waals surface area contributed by atoms with Gasteiger partial charge < -0.3 is 15.1 Å². The molecular formula is C18H16N2O4. The second-order valence-corrected chi connectivity index (χ2v) is 5.34. The Balaban J connectivity index is 2.18. The third-order valence-electron chi connectivity index (χ3n) is 3.90. The number of ketones is 1. The largest absolute Gasteiger partial charge is 0.507 e. The average molecular weight is 324 g/mol. The van der Waals surface area contributed by atoms with Crippen molar-refractivity contribution in [1.82, 2.24) is 9.88 Å². The summed E-state index contributed by atoms with van der Waals surface area (Å²) in [7, 11) is 0. The van der Waals surface area contributed by atoms with Crippen LogP contribution in [0.3, 0.4) is 0 Å². The van der Waals surface area contributed by atoms with E-state index in [0.29, 0.717) is 11.3 Å². The van der Waals surface area contributed by atoms with Crippen molar-refractivity contribution in [3.63, 3.8) is 0 Å². The van der Waals surface area contributed by atoms with Crippen molar-refractivity contribution in [3.8, 4) is 0 Å². The molecule has 2 aromatic rings. The molecule has 0 spiro atoms. The van der Waals surface area contributed by atoms with Gasteiger partial charge in [-0.25, -0.2) is 0 Å². The third-order valence-corrected chi connectivity index (χ3v) is 3.90. The lowest BCUT2D eigenvalue weighted by molar-refractivity contribution is -0.140. The highest BCUT2D eigenvalue weighted by Gasteiger charge is 2.46. The Morgan fingerprint density at radius 1 is 1.08 bits per heavy atom. The number of Topliss-reactive ketones (excluding diaryl/α,β-unsaturated/α-hetero) is 1. The Morgan fingerprint density at radius 3 is 2.42 bits per heavy atom. The summed E-state index contributed by atoms with van der Waals surface area (Å²) >= 11 is 0. The molecule has 6 heteroatoms. The van der Waals surface area contributed by atoms with Crippen molar-refractivity contribution < 1.29 is 19.8 Å². The van der Waals surface area contributed by atoms with Crippen molar-refractivity contribution >= 4 is 17.4 Å². The number of carbonyl (C=O) groups excluding carboxylic acids is 2. The predicted octanol–water partition coefficient (Wildman–Crippen LogP) is 1.50. The molecule has 0 saturated carbocycles. The Kier molecular flexibility index (Phi) is 4.39. The summed E-state index contributed by atoms with van der Waals surface area (Å²) in [6.45, 7) is -0.306. The van der Waals surface area contributed by atoms with Crippen molar-refractivity contribution in [2.75, 3.05) is 13.2 Å². The molecule has 1 aromatic heterocycles. The van der Waals surface area contributed by atoms with E-state index in [4.69, 9.17) is 0 Å². The molecule has 0 aliphatic carbocycles. The first-order valence-electron chi connectivity index (χ1n) is 7.50. The minimum Gasteiger partial charge on any atom is -0.507 e. The molecule has 122 valence electrons. The van der Waals surface area contributed by atoms with Crippen LogP contribution in [0.1, 0.15) is 17.3 Å². The van der Waals surface area contributed by atoms with Gasteiger partial charge in [0.15, 0.2) is 0 Å². The highest BCUT2D eigenvalue weighted by Crippen LogP contribution is 2.38. The summed E-state index contributed by atoms with van der Waals surface area (Å²) in [4.78, 5) is 30.2. The zero-order valence-electron chi connectivity index (χ0n) is 12.8. The van der Waals surface area contributed by atoms with Gasteiger partial charge in [0.25, 0.3) is 11.7 Å². The van der Waals surface area contributed by atoms with Gasteiger partial charge in [-0.15, -0.1) is 0 Å². The van der Waals surface area contributed by atoms with Crippen LogP contribution in [0.5, 0.6) is 0 Å². The minimum atomic E-state index is -0.821. The van der Waals surface area contributed by atoms with Crippen LogP contribution in [0.15, 0.2) is 60.3 Å². The number of aliphatic hydroxyl groups excluding tert-OH is 2. The molecule has 6 nitrogen and oxygen atoms in total. The van der Waals surface area contributed by atoms with E-state index in [-0.39, 0.29) is 24.5 Å². The number of rotatable bonds is 4. The molecule has 24 heavy (non-hydrogen) atoms. The number of aromatic nitrogens is 1. The summed E-state index contributed by atoms with van der Waals surface area (Å²) < 4.78 is 0. The van der Waals surface area contributed by atoms with Crippen molar-refractivity contribution in [3.05, 3.63) is 71.6 Å². The summed E-state index contributed by atoms with van der Waals surface area (Å²) in [5.74, 6) is -1.78. The first-order chi connectivity index (χ1) is 11.6. The van der Waals surface area contributed by atoms with E-state index in [0.717, 1.165) is 0 Å². The lowest BCUT2D eigenvalue weighted by Gasteiger charge is -2.23. The number of benzene rings is 1. The lowest BCUT2D eigenvalue weighted by atomic mass is 9.98. The fraction of sp³-hybridized carbons (Fsp3) is 0.167. The van der Waals surface area contributed by atoms with E-state index in [1.807, 2.05) is 0 Å². The van der Waals surface area contributed by atoms with Crippen LogP contribution >= 0.6 is 0 Å². The normalized spacial score (nSPS) is 19.7. The van der Waals surface area contributed by atoms with Crippen LogP contribution in [0.25, 0.3) is 5.76 Å². The molecule has 1 aliphatic rings. The maximum Gasteiger partial charge on any atom is 0.295 e. The van der Waals surface area contributed by atoms with Crippen LogP contribution in [-0.2, 0) is 9.59 Å². The number of carbonyl (C=O) groups is 2. The van der Waals surface area contributed by atoms with Gasteiger partial charge in [-0.2, -0.15) is 0 Å². The number of aliphatic hydroxyl groups is 2. The zero-order valence-corrected chi connectivity index (χ0v) is 12.8. The Morgan fingerprint density at radius 2 is 1.79 bits per heavy atom. The van der Waals surface area contributed by atoms with Crippen LogP contribution in [-0.4, -0.2) is 44.9 Å². The molecule has 0 bridgehead atoms. The molecule has 3 rings (SSSR count). The first-order valence-corrected chi connectivity index (χ1v) is 7.50. The number of β-amino-alcohol motifs (C(OH)–C–C–N with tert-alkyl or cyclic N) is 1. The molecule has 1 atom stereocenters. The summed E-state index contributed by atoms with van der Waals surface area (Å²) in [5, 5.41) is 19.8. The molecule has 2 N–H and O–H groups in total. The molecule has 1 fully saturated rings. The van der Waals surface area contributed by atoms with E-state index in [1.165, 1.54) is 4.90 Å². The fourth-order valence-corrected chi connectivity index (χ4v) is 2.82. The van der Waals surface area contributed by atoms with Gasteiger partial charge in [-0.05, 0) is 12.1 Å². The van der Waals surface area contributed by atoms with Crippen LogP contribution in [0.4, 0.5) is 0 Å². The summed E-state index contributed by atoms with van der Waals surface area (Å²) in [6, 6.07) is 12.9. The van der Waals surface area contributed by atoms with Gasteiger partial charge in [0.1, 0.15) is 11.8 Å². The molecule has 0 radical (unpaired) electrons. The van der Waals surface area contributed by atoms with E-state index < -0.39 is 17.7 Å². The van der Waals surface area contributed by atoms with E-state index in [1.54, 1.807) is 54.7 Å². The minimum absolute atomic E-state index is 0.0154. The highest BCUT2D eigenvalue weighted by atomic mass is 16.3. The lowest BCUT2D eigenvalue weighted by Crippen LogP contribution is -2.32. The Hall–Kier alpha value is -2.99. The topological polar surface area (TPSA) is 90.7 Å². The second kappa shape index (κ2) is 6.64. The van der Waals surface area contributed by atoms with Crippen LogP contribution in [0.2, 0.25) is 0 Å². The first kappa shape index (κ1) is 15.9. The van der Waals surface area contributed by atoms with Crippen LogP contribution in [0, 0.1) is 0 Å². The van der Waals surface area contributed by atoms with Gasteiger partial charge in [0.2, 0.25) is 0 Å². The number of amides is 1. The summed E-state index contributed by atoms with van der Waals surface area (Å²) in [6.07, 6.45) is 1.55. The number of hydrogen-bond donors (Lipinski definition) is 2. The third kappa shape index (κ3) is 2.68. The number of nitrogens with zero attached hydrogens (tertiary/aromatic N) is 2. The number of likely N-dealkylation sites (tertiary alicyclic amines) is 1. The number of hydrogen-bond acceptors (Lipinski definition) is 5. The maximum atomic E-state index is 12.5. The number of pyridine rings is 1. The predicted molar refractivity (Wildman–Crippen MR) is 86.8 cm³/mol. The standard InChI is InChI=1S/C18H16N2O4/c21-11-10-20-15(13-8-4-5-9-19-13)14(17(23)18(20)24)16(22)12-6-2-1-3-7-12/h1-9,15,21-22H,10-11H2/b16-14-. The molecular weight excluding hydrogens is 308 g/mol. The monoisotopic (exact) mass is 324 g/mol. The Bertz CT molecular complexity index is 787. The molecule has 2 heterocycles. The quantitative estimate of drug-likeness (QED) is 0.505. The highest BCUT2D eigenvalue weighted by molar-refractivity contribution is 6.46. The maximum absolute atomic E-state index is 12.5. The van der Waals surface area contributed by atoms with Crippen LogP contribution < -0.4 is 0 Å². The molecule has 1 aromatic carbocycles. The van der Waals surface area contributed by atoms with Gasteiger partial charge in [0, 0.05) is 18.3 Å². The Labute approximate surface area is 138 Å². The van der Waals surface area contributed by atoms with Gasteiger partial charge in [-0.3, -0.25) is 14.6 Å². The van der Waals surface area contributed by atoms with Crippen molar-refractivity contribution in [2.24, 2.45) is 0 Å². The smallest absolute Gasteiger partial charge is 0.295 e. The van der Waals surface area contributed by atoms with E-state index in [2.05, 4.69) is 4.98 Å². The zero-order chi connectivity index (χ0) is 17.1. The van der Waals surface area contributed by atoms with Crippen molar-refractivity contribution in [2.45, 2.75) is 6.04 Å². The van der Waals surface area contributed by atoms with Crippen molar-refractivity contribution in [1.29, 1.82) is 0 Å². The molecule has 1 aliphatic heterocycles. The van der Waals surface area contributed by atoms with Gasteiger partial charge >= 0.3 is 0 Å². The molecule has 1 unspecified atom stereocenters. The second-order valence-electron chi connectivity index (χ2n) is 5.34.